The van der Waals surface area contributed by atoms with E-state index in [0.717, 1.165) is 46.7 Å². The van der Waals surface area contributed by atoms with Gasteiger partial charge in [0.25, 0.3) is 0 Å². The lowest BCUT2D eigenvalue weighted by atomic mass is 9.71. The van der Waals surface area contributed by atoms with Crippen LogP contribution in [-0.4, -0.2) is 29.6 Å². The maximum Gasteiger partial charge on any atom is 0.0925 e. The third-order valence-corrected chi connectivity index (χ3v) is 7.65. The number of hydrogen-bond donors (Lipinski definition) is 2. The predicted molar refractivity (Wildman–Crippen MR) is 116 cm³/mol. The second-order valence-electron chi connectivity index (χ2n) is 8.12. The van der Waals surface area contributed by atoms with Crippen LogP contribution in [0, 0.1) is 5.92 Å². The molecule has 1 saturated heterocycles. The Hall–Kier alpha value is -0.100. The summed E-state index contributed by atoms with van der Waals surface area (Å²) in [6.07, 6.45) is 11.9. The van der Waals surface area contributed by atoms with Gasteiger partial charge in [0.05, 0.1) is 11.3 Å². The van der Waals surface area contributed by atoms with Crippen LogP contribution in [0.4, 0.5) is 5.69 Å². The van der Waals surface area contributed by atoms with Gasteiger partial charge in [-0.05, 0) is 114 Å². The monoisotopic (exact) mass is 486 g/mol. The molecule has 3 rings (SSSR count). The Balaban J connectivity index is 1.77. The first-order valence-corrected chi connectivity index (χ1v) is 11.8. The minimum absolute atomic E-state index is 0.347. The Bertz CT molecular complexity index is 575. The molecule has 1 aromatic carbocycles. The van der Waals surface area contributed by atoms with Crippen molar-refractivity contribution in [2.75, 3.05) is 25.4 Å². The average molecular weight is 488 g/mol. The number of anilines is 1. The van der Waals surface area contributed by atoms with Crippen LogP contribution in [0.1, 0.15) is 69.8 Å². The largest absolute Gasteiger partial charge is 0.397 e. The summed E-state index contributed by atoms with van der Waals surface area (Å²) in [4.78, 5) is 2.57. The van der Waals surface area contributed by atoms with Crippen molar-refractivity contribution in [1.82, 2.24) is 4.90 Å². The zero-order chi connectivity index (χ0) is 18.6. The van der Waals surface area contributed by atoms with E-state index < -0.39 is 5.60 Å². The maximum absolute atomic E-state index is 11.9. The highest BCUT2D eigenvalue weighted by atomic mass is 79.9. The molecule has 0 amide bonds. The topological polar surface area (TPSA) is 49.5 Å². The van der Waals surface area contributed by atoms with Gasteiger partial charge in [0, 0.05) is 8.95 Å². The van der Waals surface area contributed by atoms with Crippen molar-refractivity contribution in [2.24, 2.45) is 5.92 Å². The predicted octanol–water partition coefficient (Wildman–Crippen LogP) is 5.83. The Kier molecular flexibility index (Phi) is 7.46. The number of likely N-dealkylation sites (tertiary alicyclic amines) is 1. The molecule has 1 aliphatic heterocycles. The van der Waals surface area contributed by atoms with Crippen molar-refractivity contribution in [3.8, 4) is 0 Å². The molecule has 1 saturated carbocycles. The molecule has 1 heterocycles. The Morgan fingerprint density at radius 1 is 1.00 bits per heavy atom. The zero-order valence-corrected chi connectivity index (χ0v) is 18.8. The molecular weight excluding hydrogens is 456 g/mol. The Morgan fingerprint density at radius 3 is 2.19 bits per heavy atom. The third kappa shape index (κ3) is 4.84. The lowest BCUT2D eigenvalue weighted by molar-refractivity contribution is -0.0492. The number of rotatable bonds is 6. The van der Waals surface area contributed by atoms with Crippen LogP contribution < -0.4 is 5.73 Å². The van der Waals surface area contributed by atoms with E-state index in [9.17, 15) is 5.11 Å². The van der Waals surface area contributed by atoms with Gasteiger partial charge in [0.1, 0.15) is 0 Å². The second-order valence-corrected chi connectivity index (χ2v) is 9.83. The van der Waals surface area contributed by atoms with Crippen molar-refractivity contribution in [3.63, 3.8) is 0 Å². The summed E-state index contributed by atoms with van der Waals surface area (Å²) in [6, 6.07) is 4.07. The van der Waals surface area contributed by atoms with E-state index in [1.807, 2.05) is 12.1 Å². The van der Waals surface area contributed by atoms with Crippen LogP contribution in [0.3, 0.4) is 0 Å². The number of halogens is 2. The second kappa shape index (κ2) is 9.40. The fraction of sp³-hybridized carbons (Fsp3) is 0.714. The Morgan fingerprint density at radius 2 is 1.58 bits per heavy atom. The lowest BCUT2D eigenvalue weighted by Crippen LogP contribution is -2.38. The first kappa shape index (κ1) is 20.6. The van der Waals surface area contributed by atoms with Gasteiger partial charge >= 0.3 is 0 Å². The van der Waals surface area contributed by atoms with E-state index in [-0.39, 0.29) is 0 Å². The van der Waals surface area contributed by atoms with Crippen LogP contribution in [0.5, 0.6) is 0 Å². The molecular formula is C21H32Br2N2O. The summed E-state index contributed by atoms with van der Waals surface area (Å²) in [5, 5.41) is 11.9. The maximum atomic E-state index is 11.9. The summed E-state index contributed by atoms with van der Waals surface area (Å²) >= 11 is 7.14. The molecule has 1 aliphatic carbocycles. The summed E-state index contributed by atoms with van der Waals surface area (Å²) in [7, 11) is 0. The first-order chi connectivity index (χ1) is 12.5. The highest BCUT2D eigenvalue weighted by molar-refractivity contribution is 9.11. The molecule has 1 unspecified atom stereocenters. The van der Waals surface area contributed by atoms with Crippen LogP contribution >= 0.6 is 31.9 Å². The van der Waals surface area contributed by atoms with Gasteiger partial charge < -0.3 is 15.7 Å². The van der Waals surface area contributed by atoms with Crippen molar-refractivity contribution >= 4 is 37.5 Å². The molecule has 1 aromatic rings. The SMILES string of the molecule is Nc1c(Br)cc(C(O)(CCCN2CCCCC2)C2CCCCC2)cc1Br. The molecule has 0 spiro atoms. The number of piperidine rings is 1. The molecule has 3 nitrogen and oxygen atoms in total. The van der Waals surface area contributed by atoms with E-state index >= 15 is 0 Å². The van der Waals surface area contributed by atoms with Crippen LogP contribution in [0.25, 0.3) is 0 Å². The van der Waals surface area contributed by atoms with Gasteiger partial charge in [0.2, 0.25) is 0 Å². The Labute approximate surface area is 175 Å². The van der Waals surface area contributed by atoms with Gasteiger partial charge in [-0.2, -0.15) is 0 Å². The van der Waals surface area contributed by atoms with E-state index in [1.165, 1.54) is 51.6 Å². The standard InChI is InChI=1S/C21H32Br2N2O/c22-18-14-17(15-19(23)20(18)24)21(26,16-8-3-1-4-9-16)10-7-13-25-11-5-2-6-12-25/h14-16,26H,1-13,24H2. The van der Waals surface area contributed by atoms with Crippen molar-refractivity contribution in [2.45, 2.75) is 69.8 Å². The first-order valence-electron chi connectivity index (χ1n) is 10.2. The van der Waals surface area contributed by atoms with Gasteiger partial charge in [-0.15, -0.1) is 0 Å². The smallest absolute Gasteiger partial charge is 0.0925 e. The summed E-state index contributed by atoms with van der Waals surface area (Å²) in [5.74, 6) is 0.347. The summed E-state index contributed by atoms with van der Waals surface area (Å²) < 4.78 is 1.74. The highest BCUT2D eigenvalue weighted by Crippen LogP contribution is 2.45. The molecule has 3 N–H and O–H groups in total. The van der Waals surface area contributed by atoms with Gasteiger partial charge in [-0.25, -0.2) is 0 Å². The average Bonchev–Trinajstić information content (AvgIpc) is 2.67. The third-order valence-electron chi connectivity index (χ3n) is 6.34. The van der Waals surface area contributed by atoms with Gasteiger partial charge in [-0.3, -0.25) is 0 Å². The molecule has 2 aliphatic rings. The lowest BCUT2D eigenvalue weighted by Gasteiger charge is -2.40. The van der Waals surface area contributed by atoms with Crippen LogP contribution in [0.2, 0.25) is 0 Å². The van der Waals surface area contributed by atoms with Crippen molar-refractivity contribution in [1.29, 1.82) is 0 Å². The number of nitrogen functional groups attached to an aromatic ring is 1. The van der Waals surface area contributed by atoms with Crippen molar-refractivity contribution in [3.05, 3.63) is 26.6 Å². The van der Waals surface area contributed by atoms with Gasteiger partial charge in [-0.1, -0.05) is 25.7 Å². The summed E-state index contributed by atoms with van der Waals surface area (Å²) in [6.45, 7) is 3.55. The number of aliphatic hydroxyl groups is 1. The zero-order valence-electron chi connectivity index (χ0n) is 15.7. The number of benzene rings is 1. The van der Waals surface area contributed by atoms with E-state index in [0.29, 0.717) is 11.6 Å². The minimum Gasteiger partial charge on any atom is -0.397 e. The molecule has 2 fully saturated rings. The molecule has 0 bridgehead atoms. The van der Waals surface area contributed by atoms with E-state index in [4.69, 9.17) is 5.73 Å². The molecule has 26 heavy (non-hydrogen) atoms. The molecule has 1 atom stereocenters. The highest BCUT2D eigenvalue weighted by Gasteiger charge is 2.39. The number of nitrogens with two attached hydrogens (primary N) is 1. The minimum atomic E-state index is -0.755. The number of nitrogens with zero attached hydrogens (tertiary/aromatic N) is 1. The number of hydrogen-bond acceptors (Lipinski definition) is 3. The van der Waals surface area contributed by atoms with E-state index in [1.54, 1.807) is 0 Å². The fourth-order valence-corrected chi connectivity index (χ4v) is 5.94. The van der Waals surface area contributed by atoms with Gasteiger partial charge in [0.15, 0.2) is 0 Å². The van der Waals surface area contributed by atoms with E-state index in [2.05, 4.69) is 36.8 Å². The molecule has 0 aromatic heterocycles. The van der Waals surface area contributed by atoms with Crippen LogP contribution in [0.15, 0.2) is 21.1 Å². The quantitative estimate of drug-likeness (QED) is 0.496. The molecule has 0 radical (unpaired) electrons. The van der Waals surface area contributed by atoms with Crippen LogP contribution in [-0.2, 0) is 5.60 Å². The normalized spacial score (nSPS) is 22.3. The summed E-state index contributed by atoms with van der Waals surface area (Å²) in [5.41, 5.74) is 7.05. The van der Waals surface area contributed by atoms with Crippen molar-refractivity contribution < 1.29 is 5.11 Å². The molecule has 146 valence electrons. The molecule has 5 heteroatoms. The fourth-order valence-electron chi connectivity index (χ4n) is 4.75.